The van der Waals surface area contributed by atoms with Gasteiger partial charge < -0.3 is 0 Å². The lowest BCUT2D eigenvalue weighted by atomic mass is 9.90. The summed E-state index contributed by atoms with van der Waals surface area (Å²) in [4.78, 5) is -0.0385. The highest BCUT2D eigenvalue weighted by Gasteiger charge is 2.18. The Bertz CT molecular complexity index is 1240. The SMILES string of the molecule is Cc1c2ccccc2c(C)c2c1ccc1cccc(S(=O)(=O)O)c12. The van der Waals surface area contributed by atoms with Crippen molar-refractivity contribution in [1.82, 2.24) is 0 Å². The molecule has 4 aromatic rings. The number of fused-ring (bicyclic) bond motifs is 4. The summed E-state index contributed by atoms with van der Waals surface area (Å²) in [5, 5.41) is 5.54. The fraction of sp³-hybridized carbons (Fsp3) is 0.100. The third-order valence-corrected chi connectivity index (χ3v) is 5.70. The Balaban J connectivity index is 2.40. The quantitative estimate of drug-likeness (QED) is 0.302. The van der Waals surface area contributed by atoms with Crippen LogP contribution in [0.1, 0.15) is 11.1 Å². The number of rotatable bonds is 1. The second-order valence-electron chi connectivity index (χ2n) is 6.11. The lowest BCUT2D eigenvalue weighted by Gasteiger charge is -2.15. The van der Waals surface area contributed by atoms with Gasteiger partial charge in [-0.1, -0.05) is 48.5 Å². The van der Waals surface area contributed by atoms with Gasteiger partial charge in [-0.15, -0.1) is 0 Å². The topological polar surface area (TPSA) is 54.4 Å². The van der Waals surface area contributed by atoms with E-state index in [2.05, 4.69) is 6.07 Å². The second kappa shape index (κ2) is 5.03. The molecule has 0 aliphatic heterocycles. The molecule has 3 nitrogen and oxygen atoms in total. The maximum absolute atomic E-state index is 11.9. The summed E-state index contributed by atoms with van der Waals surface area (Å²) in [6.45, 7) is 4.05. The van der Waals surface area contributed by atoms with E-state index in [4.69, 9.17) is 0 Å². The molecule has 0 spiro atoms. The maximum Gasteiger partial charge on any atom is 0.295 e. The highest BCUT2D eigenvalue weighted by atomic mass is 32.2. The first kappa shape index (κ1) is 15.1. The van der Waals surface area contributed by atoms with Crippen LogP contribution in [0.5, 0.6) is 0 Å². The van der Waals surface area contributed by atoms with Gasteiger partial charge in [0.25, 0.3) is 10.1 Å². The lowest BCUT2D eigenvalue weighted by molar-refractivity contribution is 0.484. The Kier molecular flexibility index (Phi) is 3.17. The average molecular weight is 336 g/mol. The minimum absolute atomic E-state index is 0.0385. The molecule has 0 unspecified atom stereocenters. The molecule has 0 aliphatic carbocycles. The minimum Gasteiger partial charge on any atom is -0.282 e. The van der Waals surface area contributed by atoms with E-state index in [9.17, 15) is 13.0 Å². The molecule has 0 saturated heterocycles. The van der Waals surface area contributed by atoms with Crippen LogP contribution in [-0.4, -0.2) is 13.0 Å². The van der Waals surface area contributed by atoms with Gasteiger partial charge in [0.2, 0.25) is 0 Å². The maximum atomic E-state index is 11.9. The zero-order valence-electron chi connectivity index (χ0n) is 13.4. The van der Waals surface area contributed by atoms with Crippen molar-refractivity contribution in [1.29, 1.82) is 0 Å². The first-order chi connectivity index (χ1) is 11.4. The molecule has 0 fully saturated rings. The predicted octanol–water partition coefficient (Wildman–Crippen LogP) is 5.01. The molecule has 0 aliphatic rings. The molecular formula is C20H16O3S. The molecule has 0 heterocycles. The Morgan fingerprint density at radius 2 is 1.38 bits per heavy atom. The van der Waals surface area contributed by atoms with E-state index in [1.165, 1.54) is 6.07 Å². The molecular weight excluding hydrogens is 320 g/mol. The van der Waals surface area contributed by atoms with Gasteiger partial charge in [-0.3, -0.25) is 4.55 Å². The van der Waals surface area contributed by atoms with Crippen molar-refractivity contribution >= 4 is 42.4 Å². The van der Waals surface area contributed by atoms with Crippen molar-refractivity contribution < 1.29 is 13.0 Å². The molecule has 1 N–H and O–H groups in total. The molecule has 4 aromatic carbocycles. The van der Waals surface area contributed by atoms with Crippen molar-refractivity contribution in [2.45, 2.75) is 18.7 Å². The average Bonchev–Trinajstić information content (AvgIpc) is 2.57. The van der Waals surface area contributed by atoms with Crippen LogP contribution in [0.2, 0.25) is 0 Å². The highest BCUT2D eigenvalue weighted by molar-refractivity contribution is 7.86. The fourth-order valence-electron chi connectivity index (χ4n) is 3.68. The number of hydrogen-bond donors (Lipinski definition) is 1. The van der Waals surface area contributed by atoms with Crippen LogP contribution in [0.15, 0.2) is 59.5 Å². The van der Waals surface area contributed by atoms with Gasteiger partial charge in [-0.2, -0.15) is 8.42 Å². The van der Waals surface area contributed by atoms with E-state index >= 15 is 0 Å². The van der Waals surface area contributed by atoms with Crippen LogP contribution in [0.25, 0.3) is 32.3 Å². The van der Waals surface area contributed by atoms with E-state index in [-0.39, 0.29) is 4.90 Å². The van der Waals surface area contributed by atoms with Crippen LogP contribution in [0.3, 0.4) is 0 Å². The summed E-state index contributed by atoms with van der Waals surface area (Å²) >= 11 is 0. The summed E-state index contributed by atoms with van der Waals surface area (Å²) in [7, 11) is -4.30. The van der Waals surface area contributed by atoms with Crippen LogP contribution in [0, 0.1) is 13.8 Å². The molecule has 120 valence electrons. The second-order valence-corrected chi connectivity index (χ2v) is 7.50. The van der Waals surface area contributed by atoms with Gasteiger partial charge in [-0.25, -0.2) is 0 Å². The molecule has 24 heavy (non-hydrogen) atoms. The third kappa shape index (κ3) is 2.04. The first-order valence-electron chi connectivity index (χ1n) is 7.70. The highest BCUT2D eigenvalue weighted by Crippen LogP contribution is 2.38. The van der Waals surface area contributed by atoms with Crippen molar-refractivity contribution in [3.05, 3.63) is 65.7 Å². The van der Waals surface area contributed by atoms with Crippen LogP contribution in [0.4, 0.5) is 0 Å². The molecule has 0 bridgehead atoms. The molecule has 4 rings (SSSR count). The number of hydrogen-bond acceptors (Lipinski definition) is 2. The lowest BCUT2D eigenvalue weighted by Crippen LogP contribution is -2.00. The normalized spacial score (nSPS) is 12.3. The van der Waals surface area contributed by atoms with E-state index < -0.39 is 10.1 Å². The van der Waals surface area contributed by atoms with Crippen LogP contribution < -0.4 is 0 Å². The minimum atomic E-state index is -4.30. The molecule has 0 aromatic heterocycles. The van der Waals surface area contributed by atoms with Gasteiger partial charge in [0.15, 0.2) is 0 Å². The van der Waals surface area contributed by atoms with Gasteiger partial charge >= 0.3 is 0 Å². The van der Waals surface area contributed by atoms with Crippen LogP contribution >= 0.6 is 0 Å². The third-order valence-electron chi connectivity index (χ3n) is 4.80. The van der Waals surface area contributed by atoms with E-state index in [0.717, 1.165) is 38.1 Å². The van der Waals surface area contributed by atoms with Gasteiger partial charge in [-0.05, 0) is 58.0 Å². The predicted molar refractivity (Wildman–Crippen MR) is 98.2 cm³/mol. The first-order valence-corrected chi connectivity index (χ1v) is 9.14. The summed E-state index contributed by atoms with van der Waals surface area (Å²) in [6, 6.07) is 17.0. The smallest absolute Gasteiger partial charge is 0.282 e. The summed E-state index contributed by atoms with van der Waals surface area (Å²) in [5.41, 5.74) is 2.13. The summed E-state index contributed by atoms with van der Waals surface area (Å²) < 4.78 is 33.5. The number of aryl methyl sites for hydroxylation is 2. The molecule has 0 atom stereocenters. The molecule has 0 saturated carbocycles. The zero-order chi connectivity index (χ0) is 17.1. The molecule has 0 amide bonds. The Morgan fingerprint density at radius 1 is 0.708 bits per heavy atom. The summed E-state index contributed by atoms with van der Waals surface area (Å²) in [5.74, 6) is 0. The van der Waals surface area contributed by atoms with Crippen molar-refractivity contribution in [2.24, 2.45) is 0 Å². The van der Waals surface area contributed by atoms with Gasteiger partial charge in [0.05, 0.1) is 0 Å². The van der Waals surface area contributed by atoms with Crippen molar-refractivity contribution in [3.63, 3.8) is 0 Å². The van der Waals surface area contributed by atoms with E-state index in [1.807, 2.05) is 50.2 Å². The Labute approximate surface area is 140 Å². The van der Waals surface area contributed by atoms with E-state index in [1.54, 1.807) is 6.07 Å². The van der Waals surface area contributed by atoms with E-state index in [0.29, 0.717) is 5.39 Å². The van der Waals surface area contributed by atoms with Gasteiger partial charge in [0, 0.05) is 5.39 Å². The van der Waals surface area contributed by atoms with Gasteiger partial charge in [0.1, 0.15) is 4.90 Å². The standard InChI is InChI=1S/C20H16O3S/c1-12-15-7-3-4-8-16(15)13(2)19-17(12)11-10-14-6-5-9-18(20(14)19)24(21,22)23/h3-11H,1-2H3,(H,21,22,23). The van der Waals surface area contributed by atoms with Crippen molar-refractivity contribution in [3.8, 4) is 0 Å². The Hall–Kier alpha value is -2.43. The molecule has 4 heteroatoms. The van der Waals surface area contributed by atoms with Crippen LogP contribution in [-0.2, 0) is 10.1 Å². The van der Waals surface area contributed by atoms with Crippen molar-refractivity contribution in [2.75, 3.05) is 0 Å². The zero-order valence-corrected chi connectivity index (χ0v) is 14.2. The Morgan fingerprint density at radius 3 is 2.04 bits per heavy atom. The fourth-order valence-corrected chi connectivity index (χ4v) is 4.41. The molecule has 0 radical (unpaired) electrons. The summed E-state index contributed by atoms with van der Waals surface area (Å²) in [6.07, 6.45) is 0. The largest absolute Gasteiger partial charge is 0.295 e. The monoisotopic (exact) mass is 336 g/mol. The number of benzene rings is 4.